The minimum atomic E-state index is -0.107. The highest BCUT2D eigenvalue weighted by Gasteiger charge is 2.42. The molecule has 0 aromatic carbocycles. The summed E-state index contributed by atoms with van der Waals surface area (Å²) in [5.74, 6) is 0.416. The third-order valence-corrected chi connectivity index (χ3v) is 4.67. The molecule has 2 atom stereocenters. The topological polar surface area (TPSA) is 32.3 Å². The van der Waals surface area contributed by atoms with Crippen molar-refractivity contribution in [3.63, 3.8) is 0 Å². The van der Waals surface area contributed by atoms with Crippen molar-refractivity contribution in [1.29, 1.82) is 0 Å². The maximum absolute atomic E-state index is 12.8. The minimum Gasteiger partial charge on any atom is -0.339 e. The van der Waals surface area contributed by atoms with E-state index in [-0.39, 0.29) is 5.41 Å². The molecule has 1 N–H and O–H groups in total. The van der Waals surface area contributed by atoms with Gasteiger partial charge < -0.3 is 10.2 Å². The van der Waals surface area contributed by atoms with Gasteiger partial charge in [-0.15, -0.1) is 0 Å². The zero-order chi connectivity index (χ0) is 12.3. The second-order valence-electron chi connectivity index (χ2n) is 5.76. The maximum Gasteiger partial charge on any atom is 0.230 e. The van der Waals surface area contributed by atoms with Crippen molar-refractivity contribution in [1.82, 2.24) is 10.2 Å². The molecule has 0 aromatic rings. The Kier molecular flexibility index (Phi) is 4.08. The number of hydrogen-bond donors (Lipinski definition) is 1. The lowest BCUT2D eigenvalue weighted by atomic mass is 9.76. The molecular formula is C14H26N2O. The Morgan fingerprint density at radius 1 is 1.41 bits per heavy atom. The predicted octanol–water partition coefficient (Wildman–Crippen LogP) is 2.17. The van der Waals surface area contributed by atoms with Crippen LogP contribution in [0.3, 0.4) is 0 Å². The van der Waals surface area contributed by atoms with Gasteiger partial charge in [-0.2, -0.15) is 0 Å². The highest BCUT2D eigenvalue weighted by Crippen LogP contribution is 2.34. The summed E-state index contributed by atoms with van der Waals surface area (Å²) in [6.45, 7) is 7.30. The fraction of sp³-hybridized carbons (Fsp3) is 0.929. The Bertz CT molecular complexity index is 271. The van der Waals surface area contributed by atoms with E-state index < -0.39 is 0 Å². The van der Waals surface area contributed by atoms with Crippen molar-refractivity contribution >= 4 is 5.91 Å². The Morgan fingerprint density at radius 3 is 2.82 bits per heavy atom. The van der Waals surface area contributed by atoms with E-state index in [1.807, 2.05) is 0 Å². The highest BCUT2D eigenvalue weighted by molar-refractivity contribution is 5.83. The number of rotatable bonds is 2. The van der Waals surface area contributed by atoms with Gasteiger partial charge in [0.1, 0.15) is 0 Å². The molecule has 0 radical (unpaired) electrons. The van der Waals surface area contributed by atoms with Crippen LogP contribution in [0.1, 0.15) is 52.4 Å². The van der Waals surface area contributed by atoms with Crippen LogP contribution in [-0.4, -0.2) is 36.5 Å². The second kappa shape index (κ2) is 5.38. The monoisotopic (exact) mass is 238 g/mol. The van der Waals surface area contributed by atoms with E-state index >= 15 is 0 Å². The van der Waals surface area contributed by atoms with Crippen molar-refractivity contribution in [2.45, 2.75) is 58.4 Å². The average Bonchev–Trinajstić information content (AvgIpc) is 2.39. The molecular weight excluding hydrogens is 212 g/mol. The van der Waals surface area contributed by atoms with Gasteiger partial charge in [-0.3, -0.25) is 4.79 Å². The molecule has 2 aliphatic heterocycles. The first-order valence-electron chi connectivity index (χ1n) is 7.21. The van der Waals surface area contributed by atoms with E-state index in [4.69, 9.17) is 0 Å². The summed E-state index contributed by atoms with van der Waals surface area (Å²) in [7, 11) is 0. The summed E-state index contributed by atoms with van der Waals surface area (Å²) in [6.07, 6.45) is 6.83. The number of piperidine rings is 2. The van der Waals surface area contributed by atoms with Crippen LogP contribution >= 0.6 is 0 Å². The zero-order valence-electron chi connectivity index (χ0n) is 11.3. The van der Waals surface area contributed by atoms with Gasteiger partial charge in [0.15, 0.2) is 0 Å². The van der Waals surface area contributed by atoms with Gasteiger partial charge in [0.2, 0.25) is 5.91 Å². The Labute approximate surface area is 105 Å². The Morgan fingerprint density at radius 2 is 2.24 bits per heavy atom. The lowest BCUT2D eigenvalue weighted by Gasteiger charge is -2.43. The first-order valence-corrected chi connectivity index (χ1v) is 7.21. The molecule has 0 spiro atoms. The molecule has 3 heteroatoms. The summed E-state index contributed by atoms with van der Waals surface area (Å²) in [5, 5.41) is 3.41. The zero-order valence-corrected chi connectivity index (χ0v) is 11.3. The molecule has 17 heavy (non-hydrogen) atoms. The largest absolute Gasteiger partial charge is 0.339 e. The number of nitrogens with zero attached hydrogens (tertiary/aromatic N) is 1. The van der Waals surface area contributed by atoms with Gasteiger partial charge in [0.05, 0.1) is 5.41 Å². The molecule has 2 heterocycles. The van der Waals surface area contributed by atoms with E-state index in [2.05, 4.69) is 24.1 Å². The van der Waals surface area contributed by atoms with E-state index in [0.29, 0.717) is 11.9 Å². The molecule has 0 bridgehead atoms. The molecule has 2 unspecified atom stereocenters. The van der Waals surface area contributed by atoms with Crippen LogP contribution in [-0.2, 0) is 4.79 Å². The van der Waals surface area contributed by atoms with Crippen LogP contribution in [0.4, 0.5) is 0 Å². The summed E-state index contributed by atoms with van der Waals surface area (Å²) < 4.78 is 0. The van der Waals surface area contributed by atoms with Crippen molar-refractivity contribution in [2.75, 3.05) is 19.6 Å². The molecule has 2 saturated heterocycles. The number of carbonyl (C=O) groups is 1. The summed E-state index contributed by atoms with van der Waals surface area (Å²) in [6, 6.07) is 0.446. The third-order valence-electron chi connectivity index (χ3n) is 4.67. The minimum absolute atomic E-state index is 0.107. The molecule has 0 aromatic heterocycles. The Balaban J connectivity index is 2.10. The predicted molar refractivity (Wildman–Crippen MR) is 69.9 cm³/mol. The number of carbonyl (C=O) groups excluding carboxylic acids is 1. The third kappa shape index (κ3) is 2.49. The molecule has 3 nitrogen and oxygen atoms in total. The van der Waals surface area contributed by atoms with Gasteiger partial charge in [0.25, 0.3) is 0 Å². The number of amides is 1. The first-order chi connectivity index (χ1) is 8.19. The van der Waals surface area contributed by atoms with Crippen molar-refractivity contribution in [2.24, 2.45) is 5.41 Å². The first kappa shape index (κ1) is 12.9. The molecule has 98 valence electrons. The molecule has 0 saturated carbocycles. The van der Waals surface area contributed by atoms with Crippen molar-refractivity contribution in [3.8, 4) is 0 Å². The fourth-order valence-corrected chi connectivity index (χ4v) is 3.31. The summed E-state index contributed by atoms with van der Waals surface area (Å²) in [5.41, 5.74) is -0.107. The quantitative estimate of drug-likeness (QED) is 0.799. The molecule has 2 rings (SSSR count). The van der Waals surface area contributed by atoms with Crippen LogP contribution in [0.2, 0.25) is 0 Å². The Hall–Kier alpha value is -0.570. The number of hydrogen-bond acceptors (Lipinski definition) is 2. The van der Waals surface area contributed by atoms with Crippen LogP contribution in [0.25, 0.3) is 0 Å². The van der Waals surface area contributed by atoms with E-state index in [0.717, 1.165) is 38.9 Å². The van der Waals surface area contributed by atoms with E-state index in [1.54, 1.807) is 0 Å². The van der Waals surface area contributed by atoms with Gasteiger partial charge in [-0.25, -0.2) is 0 Å². The lowest BCUT2D eigenvalue weighted by Crippen LogP contribution is -2.54. The van der Waals surface area contributed by atoms with Crippen LogP contribution in [0, 0.1) is 5.41 Å². The molecule has 1 amide bonds. The van der Waals surface area contributed by atoms with Gasteiger partial charge >= 0.3 is 0 Å². The smallest absolute Gasteiger partial charge is 0.230 e. The van der Waals surface area contributed by atoms with Crippen LogP contribution in [0.15, 0.2) is 0 Å². The van der Waals surface area contributed by atoms with Crippen LogP contribution < -0.4 is 5.32 Å². The van der Waals surface area contributed by atoms with Crippen molar-refractivity contribution < 1.29 is 4.79 Å². The van der Waals surface area contributed by atoms with E-state index in [1.165, 1.54) is 19.3 Å². The molecule has 0 aliphatic carbocycles. The number of likely N-dealkylation sites (tertiary alicyclic amines) is 1. The normalized spacial score (nSPS) is 34.7. The van der Waals surface area contributed by atoms with Gasteiger partial charge in [-0.1, -0.05) is 6.92 Å². The fourth-order valence-electron chi connectivity index (χ4n) is 3.31. The lowest BCUT2D eigenvalue weighted by molar-refractivity contribution is -0.147. The molecule has 2 aliphatic rings. The van der Waals surface area contributed by atoms with Gasteiger partial charge in [0, 0.05) is 19.1 Å². The SMILES string of the molecule is CCC1(C(=O)N2CCCCC2C)CCCNC1. The highest BCUT2D eigenvalue weighted by atomic mass is 16.2. The van der Waals surface area contributed by atoms with E-state index in [9.17, 15) is 4.79 Å². The van der Waals surface area contributed by atoms with Gasteiger partial charge in [-0.05, 0) is 52.0 Å². The van der Waals surface area contributed by atoms with Crippen molar-refractivity contribution in [3.05, 3.63) is 0 Å². The van der Waals surface area contributed by atoms with Crippen LogP contribution in [0.5, 0.6) is 0 Å². The summed E-state index contributed by atoms with van der Waals surface area (Å²) >= 11 is 0. The average molecular weight is 238 g/mol. The number of nitrogens with one attached hydrogen (secondary N) is 1. The summed E-state index contributed by atoms with van der Waals surface area (Å²) in [4.78, 5) is 15.0. The second-order valence-corrected chi connectivity index (χ2v) is 5.76. The molecule has 2 fully saturated rings. The standard InChI is InChI=1S/C14H26N2O/c1-3-14(8-6-9-15-11-14)13(17)16-10-5-4-7-12(16)2/h12,15H,3-11H2,1-2H3. The maximum atomic E-state index is 12.8.